The normalized spacial score (nSPS) is 23.1. The molecule has 0 unspecified atom stereocenters. The van der Waals surface area contributed by atoms with E-state index in [1.54, 1.807) is 6.07 Å². The third-order valence-electron chi connectivity index (χ3n) is 3.86. The Morgan fingerprint density at radius 3 is 2.52 bits per heavy atom. The molecule has 0 radical (unpaired) electrons. The van der Waals surface area contributed by atoms with Crippen molar-refractivity contribution in [1.29, 1.82) is 0 Å². The largest absolute Gasteiger partial charge is 0.322 e. The number of rotatable bonds is 3. The third-order valence-corrected chi connectivity index (χ3v) is 4.66. The van der Waals surface area contributed by atoms with Crippen LogP contribution in [0.15, 0.2) is 12.1 Å². The van der Waals surface area contributed by atoms with Gasteiger partial charge in [-0.15, -0.1) is 0 Å². The average Bonchev–Trinajstić information content (AvgIpc) is 2.38. The molecule has 1 N–H and O–H groups in total. The van der Waals surface area contributed by atoms with Crippen LogP contribution in [0.2, 0.25) is 10.0 Å². The minimum atomic E-state index is -0.0642. The Bertz CT molecular complexity index is 523. The highest BCUT2D eigenvalue weighted by molar-refractivity contribution is 6.40. The summed E-state index contributed by atoms with van der Waals surface area (Å²) in [4.78, 5) is 14.4. The molecule has 0 aliphatic carbocycles. The van der Waals surface area contributed by atoms with Crippen molar-refractivity contribution < 1.29 is 4.79 Å². The van der Waals surface area contributed by atoms with Gasteiger partial charge in [0.1, 0.15) is 0 Å². The van der Waals surface area contributed by atoms with Gasteiger partial charge in [-0.25, -0.2) is 0 Å². The van der Waals surface area contributed by atoms with Crippen molar-refractivity contribution in [2.24, 2.45) is 11.8 Å². The molecule has 2 rings (SSSR count). The summed E-state index contributed by atoms with van der Waals surface area (Å²) in [5.74, 6) is 1.20. The topological polar surface area (TPSA) is 32.3 Å². The molecule has 1 saturated heterocycles. The summed E-state index contributed by atoms with van der Waals surface area (Å²) < 4.78 is 0. The van der Waals surface area contributed by atoms with Crippen molar-refractivity contribution in [2.75, 3.05) is 25.0 Å². The lowest BCUT2D eigenvalue weighted by Gasteiger charge is -2.34. The van der Waals surface area contributed by atoms with E-state index in [0.717, 1.165) is 18.7 Å². The van der Waals surface area contributed by atoms with Gasteiger partial charge in [-0.2, -0.15) is 0 Å². The van der Waals surface area contributed by atoms with Crippen molar-refractivity contribution in [3.63, 3.8) is 0 Å². The van der Waals surface area contributed by atoms with Crippen LogP contribution >= 0.6 is 23.2 Å². The molecule has 5 heteroatoms. The summed E-state index contributed by atoms with van der Waals surface area (Å²) in [5, 5.41) is 3.83. The first-order valence-corrected chi connectivity index (χ1v) is 8.09. The second kappa shape index (κ2) is 6.99. The molecule has 2 atom stereocenters. The molecule has 1 heterocycles. The third kappa shape index (κ3) is 4.35. The van der Waals surface area contributed by atoms with E-state index in [1.807, 2.05) is 13.0 Å². The van der Waals surface area contributed by atoms with Gasteiger partial charge in [0, 0.05) is 13.1 Å². The SMILES string of the molecule is Cc1ccc(Cl)c(NC(=O)CN2C[C@@H](C)C[C@H](C)C2)c1Cl. The van der Waals surface area contributed by atoms with Crippen LogP contribution in [0.4, 0.5) is 5.69 Å². The Balaban J connectivity index is 2.01. The molecular weight excluding hydrogens is 307 g/mol. The molecular formula is C16H22Cl2N2O. The Labute approximate surface area is 136 Å². The van der Waals surface area contributed by atoms with E-state index < -0.39 is 0 Å². The summed E-state index contributed by atoms with van der Waals surface area (Å²) in [6.07, 6.45) is 1.23. The smallest absolute Gasteiger partial charge is 0.238 e. The van der Waals surface area contributed by atoms with Gasteiger partial charge >= 0.3 is 0 Å². The van der Waals surface area contributed by atoms with Gasteiger partial charge in [-0.05, 0) is 36.8 Å². The Kier molecular flexibility index (Phi) is 5.53. The number of likely N-dealkylation sites (tertiary alicyclic amines) is 1. The zero-order valence-corrected chi connectivity index (χ0v) is 14.3. The molecule has 116 valence electrons. The highest BCUT2D eigenvalue weighted by Crippen LogP contribution is 2.32. The van der Waals surface area contributed by atoms with E-state index >= 15 is 0 Å². The number of anilines is 1. The van der Waals surface area contributed by atoms with Gasteiger partial charge in [0.05, 0.1) is 22.3 Å². The highest BCUT2D eigenvalue weighted by atomic mass is 35.5. The quantitative estimate of drug-likeness (QED) is 0.900. The fourth-order valence-electron chi connectivity index (χ4n) is 3.07. The molecule has 1 fully saturated rings. The van der Waals surface area contributed by atoms with Crippen molar-refractivity contribution in [3.8, 4) is 0 Å². The monoisotopic (exact) mass is 328 g/mol. The minimum absolute atomic E-state index is 0.0642. The number of halogens is 2. The predicted molar refractivity (Wildman–Crippen MR) is 89.2 cm³/mol. The summed E-state index contributed by atoms with van der Waals surface area (Å²) in [6, 6.07) is 3.59. The van der Waals surface area contributed by atoms with Gasteiger partial charge in [-0.1, -0.05) is 43.1 Å². The zero-order chi connectivity index (χ0) is 15.6. The van der Waals surface area contributed by atoms with E-state index in [-0.39, 0.29) is 5.91 Å². The molecule has 0 spiro atoms. The first-order chi connectivity index (χ1) is 9.86. The van der Waals surface area contributed by atoms with Crippen molar-refractivity contribution in [2.45, 2.75) is 27.2 Å². The lowest BCUT2D eigenvalue weighted by atomic mass is 9.92. The van der Waals surface area contributed by atoms with Crippen LogP contribution in [0.1, 0.15) is 25.8 Å². The number of hydrogen-bond acceptors (Lipinski definition) is 2. The molecule has 21 heavy (non-hydrogen) atoms. The fourth-order valence-corrected chi connectivity index (χ4v) is 3.54. The number of aryl methyl sites for hydroxylation is 1. The van der Waals surface area contributed by atoms with Crippen molar-refractivity contribution in [3.05, 3.63) is 27.7 Å². The number of nitrogens with zero attached hydrogens (tertiary/aromatic N) is 1. The van der Waals surface area contributed by atoms with E-state index in [4.69, 9.17) is 23.2 Å². The molecule has 0 saturated carbocycles. The van der Waals surface area contributed by atoms with Crippen LogP contribution < -0.4 is 5.32 Å². The van der Waals surface area contributed by atoms with Gasteiger partial charge in [0.2, 0.25) is 5.91 Å². The lowest BCUT2D eigenvalue weighted by Crippen LogP contribution is -2.42. The van der Waals surface area contributed by atoms with Crippen LogP contribution in [0.5, 0.6) is 0 Å². The molecule has 0 aromatic heterocycles. The molecule has 1 amide bonds. The predicted octanol–water partition coefficient (Wildman–Crippen LogP) is 4.22. The summed E-state index contributed by atoms with van der Waals surface area (Å²) in [6.45, 7) is 8.67. The highest BCUT2D eigenvalue weighted by Gasteiger charge is 2.23. The molecule has 1 aromatic carbocycles. The number of amides is 1. The van der Waals surface area contributed by atoms with Gasteiger partial charge in [-0.3, -0.25) is 9.69 Å². The Morgan fingerprint density at radius 1 is 1.29 bits per heavy atom. The Morgan fingerprint density at radius 2 is 1.90 bits per heavy atom. The van der Waals surface area contributed by atoms with E-state index in [0.29, 0.717) is 34.1 Å². The summed E-state index contributed by atoms with van der Waals surface area (Å²) in [5.41, 5.74) is 1.41. The summed E-state index contributed by atoms with van der Waals surface area (Å²) in [7, 11) is 0. The lowest BCUT2D eigenvalue weighted by molar-refractivity contribution is -0.117. The zero-order valence-electron chi connectivity index (χ0n) is 12.7. The summed E-state index contributed by atoms with van der Waals surface area (Å²) >= 11 is 12.3. The standard InChI is InChI=1S/C16H22Cl2N2O/c1-10-6-11(2)8-20(7-10)9-14(21)19-16-13(17)5-4-12(3)15(16)18/h4-5,10-11H,6-9H2,1-3H3,(H,19,21)/t10-,11-/m0/s1. The van der Waals surface area contributed by atoms with Crippen LogP contribution in [0.3, 0.4) is 0 Å². The number of nitrogens with one attached hydrogen (secondary N) is 1. The van der Waals surface area contributed by atoms with Gasteiger partial charge < -0.3 is 5.32 Å². The molecule has 1 aliphatic rings. The second-order valence-corrected chi connectivity index (χ2v) is 7.03. The average molecular weight is 329 g/mol. The molecule has 3 nitrogen and oxygen atoms in total. The van der Waals surface area contributed by atoms with Crippen LogP contribution in [-0.2, 0) is 4.79 Å². The van der Waals surface area contributed by atoms with Crippen LogP contribution in [-0.4, -0.2) is 30.4 Å². The number of carbonyl (C=O) groups is 1. The second-order valence-electron chi connectivity index (χ2n) is 6.24. The number of piperidine rings is 1. The van der Waals surface area contributed by atoms with Gasteiger partial charge in [0.15, 0.2) is 0 Å². The van der Waals surface area contributed by atoms with E-state index in [2.05, 4.69) is 24.1 Å². The minimum Gasteiger partial charge on any atom is -0.322 e. The maximum Gasteiger partial charge on any atom is 0.238 e. The number of benzene rings is 1. The van der Waals surface area contributed by atoms with E-state index in [9.17, 15) is 4.79 Å². The number of carbonyl (C=O) groups excluding carboxylic acids is 1. The maximum absolute atomic E-state index is 12.2. The first kappa shape index (κ1) is 16.6. The Hall–Kier alpha value is -0.770. The van der Waals surface area contributed by atoms with Crippen molar-refractivity contribution >= 4 is 34.8 Å². The molecule has 0 bridgehead atoms. The van der Waals surface area contributed by atoms with Crippen LogP contribution in [0.25, 0.3) is 0 Å². The number of hydrogen-bond donors (Lipinski definition) is 1. The maximum atomic E-state index is 12.2. The van der Waals surface area contributed by atoms with Gasteiger partial charge in [0.25, 0.3) is 0 Å². The fraction of sp³-hybridized carbons (Fsp3) is 0.562. The van der Waals surface area contributed by atoms with E-state index in [1.165, 1.54) is 6.42 Å². The van der Waals surface area contributed by atoms with Crippen LogP contribution in [0, 0.1) is 18.8 Å². The first-order valence-electron chi connectivity index (χ1n) is 7.33. The van der Waals surface area contributed by atoms with Crippen molar-refractivity contribution in [1.82, 2.24) is 4.90 Å². The molecule has 1 aromatic rings. The molecule has 1 aliphatic heterocycles.